The third-order valence-electron chi connectivity index (χ3n) is 1.17. The Morgan fingerprint density at radius 2 is 2.45 bits per heavy atom. The molecule has 0 amide bonds. The highest BCUT2D eigenvalue weighted by molar-refractivity contribution is 9.10. The maximum absolute atomic E-state index is 9.98. The fraction of sp³-hybridized carbons (Fsp3) is 0.143. The average molecular weight is 216 g/mol. The SMILES string of the molecule is O=CC[NH2+]c1ccc(Br)cn1. The Labute approximate surface area is 73.0 Å². The Balaban J connectivity index is 2.58. The summed E-state index contributed by atoms with van der Waals surface area (Å²) in [5.41, 5.74) is 0. The molecule has 0 saturated heterocycles. The molecule has 11 heavy (non-hydrogen) atoms. The predicted molar refractivity (Wildman–Crippen MR) is 44.5 cm³/mol. The number of hydrogen-bond donors (Lipinski definition) is 1. The Morgan fingerprint density at radius 3 is 3.00 bits per heavy atom. The number of rotatable bonds is 3. The summed E-state index contributed by atoms with van der Waals surface area (Å²) in [5.74, 6) is 0.834. The van der Waals surface area contributed by atoms with Gasteiger partial charge in [-0.3, -0.25) is 10.1 Å². The number of hydrogen-bond acceptors (Lipinski definition) is 2. The molecule has 1 aromatic heterocycles. The van der Waals surface area contributed by atoms with Crippen LogP contribution in [0, 0.1) is 0 Å². The zero-order valence-electron chi connectivity index (χ0n) is 5.83. The van der Waals surface area contributed by atoms with Gasteiger partial charge in [0.15, 0.2) is 6.29 Å². The van der Waals surface area contributed by atoms with E-state index >= 15 is 0 Å². The Kier molecular flexibility index (Phi) is 3.19. The van der Waals surface area contributed by atoms with Gasteiger partial charge in [-0.1, -0.05) is 0 Å². The van der Waals surface area contributed by atoms with Crippen LogP contribution in [-0.4, -0.2) is 17.8 Å². The number of carbonyl (C=O) groups is 1. The lowest BCUT2D eigenvalue weighted by atomic mass is 10.4. The Morgan fingerprint density at radius 1 is 1.64 bits per heavy atom. The van der Waals surface area contributed by atoms with Gasteiger partial charge in [0.25, 0.3) is 0 Å². The van der Waals surface area contributed by atoms with E-state index in [1.54, 1.807) is 11.5 Å². The molecule has 0 aromatic carbocycles. The van der Waals surface area contributed by atoms with Gasteiger partial charge < -0.3 is 0 Å². The molecule has 1 rings (SSSR count). The summed E-state index contributed by atoms with van der Waals surface area (Å²) in [6, 6.07) is 3.75. The maximum Gasteiger partial charge on any atom is 0.224 e. The van der Waals surface area contributed by atoms with E-state index in [0.717, 1.165) is 16.6 Å². The van der Waals surface area contributed by atoms with Gasteiger partial charge in [-0.25, -0.2) is 4.98 Å². The average Bonchev–Trinajstić information content (AvgIpc) is 2.04. The second-order valence-corrected chi connectivity index (χ2v) is 2.92. The summed E-state index contributed by atoms with van der Waals surface area (Å²) in [6.45, 7) is 0.425. The van der Waals surface area contributed by atoms with Gasteiger partial charge in [0.2, 0.25) is 5.82 Å². The summed E-state index contributed by atoms with van der Waals surface area (Å²) in [7, 11) is 0. The fourth-order valence-electron chi connectivity index (χ4n) is 0.677. The maximum atomic E-state index is 9.98. The van der Waals surface area contributed by atoms with E-state index in [9.17, 15) is 4.79 Å². The van der Waals surface area contributed by atoms with Crippen molar-refractivity contribution in [3.8, 4) is 0 Å². The van der Waals surface area contributed by atoms with Crippen molar-refractivity contribution in [2.45, 2.75) is 0 Å². The standard InChI is InChI=1S/C7H7BrN2O/c8-6-1-2-7(10-5-6)9-3-4-11/h1-2,4-5H,3H2,(H,9,10)/p+1. The van der Waals surface area contributed by atoms with Crippen LogP contribution in [0.15, 0.2) is 22.8 Å². The van der Waals surface area contributed by atoms with Gasteiger partial charge in [0, 0.05) is 16.7 Å². The number of pyridine rings is 1. The molecular weight excluding hydrogens is 208 g/mol. The van der Waals surface area contributed by atoms with Gasteiger partial charge in [-0.15, -0.1) is 0 Å². The molecule has 0 aliphatic rings. The lowest BCUT2D eigenvalue weighted by molar-refractivity contribution is -0.561. The van der Waals surface area contributed by atoms with E-state index in [2.05, 4.69) is 20.9 Å². The lowest BCUT2D eigenvalue weighted by Gasteiger charge is -1.93. The van der Waals surface area contributed by atoms with Crippen molar-refractivity contribution < 1.29 is 10.1 Å². The first-order valence-electron chi connectivity index (χ1n) is 3.21. The highest BCUT2D eigenvalue weighted by Crippen LogP contribution is 2.06. The minimum atomic E-state index is 0.425. The molecule has 0 aliphatic heterocycles. The first-order valence-corrected chi connectivity index (χ1v) is 4.00. The predicted octanol–water partition coefficient (Wildman–Crippen LogP) is 0.238. The number of nitrogens with zero attached hydrogens (tertiary/aromatic N) is 1. The highest BCUT2D eigenvalue weighted by Gasteiger charge is 1.95. The molecule has 0 saturated carbocycles. The minimum Gasteiger partial charge on any atom is -0.297 e. The van der Waals surface area contributed by atoms with Crippen molar-refractivity contribution in [2.24, 2.45) is 0 Å². The van der Waals surface area contributed by atoms with Crippen LogP contribution < -0.4 is 5.32 Å². The van der Waals surface area contributed by atoms with Crippen LogP contribution in [0.1, 0.15) is 0 Å². The number of nitrogens with two attached hydrogens (primary N) is 1. The smallest absolute Gasteiger partial charge is 0.224 e. The molecule has 1 heterocycles. The summed E-state index contributed by atoms with van der Waals surface area (Å²) in [5, 5.41) is 1.78. The lowest BCUT2D eigenvalue weighted by Crippen LogP contribution is -2.79. The molecular formula is C7H8BrN2O+. The summed E-state index contributed by atoms with van der Waals surface area (Å²) in [6.07, 6.45) is 2.56. The van der Waals surface area contributed by atoms with E-state index < -0.39 is 0 Å². The van der Waals surface area contributed by atoms with Crippen LogP contribution in [0.2, 0.25) is 0 Å². The van der Waals surface area contributed by atoms with E-state index in [-0.39, 0.29) is 0 Å². The van der Waals surface area contributed by atoms with Gasteiger partial charge >= 0.3 is 0 Å². The van der Waals surface area contributed by atoms with E-state index in [4.69, 9.17) is 0 Å². The number of aldehydes is 1. The second kappa shape index (κ2) is 4.20. The quantitative estimate of drug-likeness (QED) is 0.735. The largest absolute Gasteiger partial charge is 0.297 e. The van der Waals surface area contributed by atoms with Crippen LogP contribution in [0.5, 0.6) is 0 Å². The molecule has 2 N–H and O–H groups in total. The van der Waals surface area contributed by atoms with Crippen LogP contribution in [0.4, 0.5) is 5.82 Å². The number of aromatic nitrogens is 1. The first-order chi connectivity index (χ1) is 5.33. The van der Waals surface area contributed by atoms with Crippen molar-refractivity contribution in [2.75, 3.05) is 6.54 Å². The molecule has 4 heteroatoms. The first kappa shape index (κ1) is 8.36. The minimum absolute atomic E-state index is 0.425. The zero-order valence-corrected chi connectivity index (χ0v) is 7.41. The molecule has 0 spiro atoms. The van der Waals surface area contributed by atoms with Crippen molar-refractivity contribution >= 4 is 28.0 Å². The third kappa shape index (κ3) is 2.78. The molecule has 3 nitrogen and oxygen atoms in total. The Bertz CT molecular complexity index is 235. The highest BCUT2D eigenvalue weighted by atomic mass is 79.9. The normalized spacial score (nSPS) is 9.55. The van der Waals surface area contributed by atoms with Crippen LogP contribution in [0.3, 0.4) is 0 Å². The van der Waals surface area contributed by atoms with Gasteiger partial charge in [0.05, 0.1) is 0 Å². The van der Waals surface area contributed by atoms with Gasteiger partial charge in [-0.05, 0) is 22.0 Å². The van der Waals surface area contributed by atoms with Crippen molar-refractivity contribution in [3.63, 3.8) is 0 Å². The number of halogens is 1. The van der Waals surface area contributed by atoms with Crippen molar-refractivity contribution in [3.05, 3.63) is 22.8 Å². The Hall–Kier alpha value is -0.740. The second-order valence-electron chi connectivity index (χ2n) is 2.01. The molecule has 58 valence electrons. The third-order valence-corrected chi connectivity index (χ3v) is 1.64. The van der Waals surface area contributed by atoms with E-state index in [1.807, 2.05) is 12.1 Å². The van der Waals surface area contributed by atoms with Gasteiger partial charge in [0.1, 0.15) is 6.54 Å². The molecule has 0 atom stereocenters. The van der Waals surface area contributed by atoms with Gasteiger partial charge in [-0.2, -0.15) is 0 Å². The van der Waals surface area contributed by atoms with Crippen LogP contribution in [-0.2, 0) is 4.79 Å². The van der Waals surface area contributed by atoms with Crippen LogP contribution >= 0.6 is 15.9 Å². The monoisotopic (exact) mass is 215 g/mol. The summed E-state index contributed by atoms with van der Waals surface area (Å²) in [4.78, 5) is 14.0. The topological polar surface area (TPSA) is 46.6 Å². The molecule has 1 aromatic rings. The molecule has 0 radical (unpaired) electrons. The molecule has 0 unspecified atom stereocenters. The fourth-order valence-corrected chi connectivity index (χ4v) is 0.911. The zero-order chi connectivity index (χ0) is 8.10. The number of quaternary nitrogens is 1. The van der Waals surface area contributed by atoms with Crippen molar-refractivity contribution in [1.29, 1.82) is 0 Å². The van der Waals surface area contributed by atoms with E-state index in [0.29, 0.717) is 6.54 Å². The molecule has 0 bridgehead atoms. The number of carbonyl (C=O) groups excluding carboxylic acids is 1. The summed E-state index contributed by atoms with van der Waals surface area (Å²) < 4.78 is 0.945. The summed E-state index contributed by atoms with van der Waals surface area (Å²) >= 11 is 3.27. The molecule has 0 fully saturated rings. The molecule has 0 aliphatic carbocycles. The van der Waals surface area contributed by atoms with E-state index in [1.165, 1.54) is 0 Å². The van der Waals surface area contributed by atoms with Crippen molar-refractivity contribution in [1.82, 2.24) is 4.98 Å². The van der Waals surface area contributed by atoms with Crippen LogP contribution in [0.25, 0.3) is 0 Å².